The highest BCUT2D eigenvalue weighted by molar-refractivity contribution is 6.30. The minimum atomic E-state index is -2.90. The van der Waals surface area contributed by atoms with Crippen LogP contribution >= 0.6 is 11.6 Å². The SMILES string of the molecule is Cc1nc(-c2ccccc2OC(F)F)nc(Cl)c1C. The van der Waals surface area contributed by atoms with Gasteiger partial charge in [-0.05, 0) is 26.0 Å². The summed E-state index contributed by atoms with van der Waals surface area (Å²) in [7, 11) is 0. The van der Waals surface area contributed by atoms with Crippen molar-refractivity contribution in [2.24, 2.45) is 0 Å². The number of nitrogens with zero attached hydrogens (tertiary/aromatic N) is 2. The van der Waals surface area contributed by atoms with Crippen molar-refractivity contribution in [1.29, 1.82) is 0 Å². The van der Waals surface area contributed by atoms with Crippen LogP contribution in [-0.4, -0.2) is 16.6 Å². The predicted molar refractivity (Wildman–Crippen MR) is 68.6 cm³/mol. The lowest BCUT2D eigenvalue weighted by molar-refractivity contribution is -0.0494. The van der Waals surface area contributed by atoms with Crippen LogP contribution in [0.15, 0.2) is 24.3 Å². The summed E-state index contributed by atoms with van der Waals surface area (Å²) in [5.41, 5.74) is 1.84. The summed E-state index contributed by atoms with van der Waals surface area (Å²) in [5.74, 6) is 0.293. The largest absolute Gasteiger partial charge is 0.434 e. The zero-order valence-corrected chi connectivity index (χ0v) is 11.1. The van der Waals surface area contributed by atoms with Gasteiger partial charge >= 0.3 is 6.61 Å². The molecule has 1 heterocycles. The summed E-state index contributed by atoms with van der Waals surface area (Å²) in [6.07, 6.45) is 0. The smallest absolute Gasteiger partial charge is 0.387 e. The van der Waals surface area contributed by atoms with Gasteiger partial charge in [0, 0.05) is 11.3 Å². The molecule has 0 N–H and O–H groups in total. The standard InChI is InChI=1S/C13H11ClF2N2O/c1-7-8(2)17-12(18-11(7)14)9-5-3-4-6-10(9)19-13(15)16/h3-6,13H,1-2H3. The Morgan fingerprint density at radius 3 is 2.47 bits per heavy atom. The van der Waals surface area contributed by atoms with Crippen molar-refractivity contribution in [2.45, 2.75) is 20.5 Å². The minimum Gasteiger partial charge on any atom is -0.434 e. The molecule has 19 heavy (non-hydrogen) atoms. The summed E-state index contributed by atoms with van der Waals surface area (Å²) in [5, 5.41) is 0.300. The first-order chi connectivity index (χ1) is 8.99. The first kappa shape index (κ1) is 13.7. The zero-order valence-electron chi connectivity index (χ0n) is 10.3. The van der Waals surface area contributed by atoms with Crippen molar-refractivity contribution >= 4 is 11.6 Å². The number of halogens is 3. The number of alkyl halides is 2. The lowest BCUT2D eigenvalue weighted by atomic mass is 10.1. The molecule has 1 aromatic heterocycles. The van der Waals surface area contributed by atoms with Gasteiger partial charge in [0.1, 0.15) is 10.9 Å². The summed E-state index contributed by atoms with van der Waals surface area (Å²) in [6, 6.07) is 6.34. The molecule has 0 saturated heterocycles. The van der Waals surface area contributed by atoms with Crippen LogP contribution in [0.4, 0.5) is 8.78 Å². The molecular weight excluding hydrogens is 274 g/mol. The monoisotopic (exact) mass is 284 g/mol. The van der Waals surface area contributed by atoms with Crippen LogP contribution in [0.5, 0.6) is 5.75 Å². The van der Waals surface area contributed by atoms with Crippen molar-refractivity contribution in [3.05, 3.63) is 40.7 Å². The molecular formula is C13H11ClF2N2O. The normalized spacial score (nSPS) is 10.8. The van der Waals surface area contributed by atoms with E-state index < -0.39 is 6.61 Å². The maximum atomic E-state index is 12.3. The molecule has 0 aliphatic rings. The molecule has 0 aliphatic carbocycles. The fourth-order valence-electron chi connectivity index (χ4n) is 1.56. The van der Waals surface area contributed by atoms with E-state index in [9.17, 15) is 8.78 Å². The number of hydrogen-bond donors (Lipinski definition) is 0. The Labute approximate surface area is 114 Å². The molecule has 0 unspecified atom stereocenters. The number of rotatable bonds is 3. The average Bonchev–Trinajstić information content (AvgIpc) is 2.35. The van der Waals surface area contributed by atoms with Crippen molar-refractivity contribution in [3.63, 3.8) is 0 Å². The highest BCUT2D eigenvalue weighted by Crippen LogP contribution is 2.30. The Balaban J connectivity index is 2.53. The maximum Gasteiger partial charge on any atom is 0.387 e. The highest BCUT2D eigenvalue weighted by atomic mass is 35.5. The lowest BCUT2D eigenvalue weighted by Gasteiger charge is -2.11. The van der Waals surface area contributed by atoms with Gasteiger partial charge in [-0.15, -0.1) is 0 Å². The van der Waals surface area contributed by atoms with Gasteiger partial charge in [-0.25, -0.2) is 9.97 Å². The lowest BCUT2D eigenvalue weighted by Crippen LogP contribution is -2.04. The van der Waals surface area contributed by atoms with E-state index in [0.717, 1.165) is 5.56 Å². The number of aromatic nitrogens is 2. The Morgan fingerprint density at radius 2 is 1.84 bits per heavy atom. The molecule has 0 spiro atoms. The quantitative estimate of drug-likeness (QED) is 0.799. The Kier molecular flexibility index (Phi) is 3.95. The van der Waals surface area contributed by atoms with Crippen LogP contribution < -0.4 is 4.74 Å². The Bertz CT molecular complexity index is 582. The number of para-hydroxylation sites is 1. The van der Waals surface area contributed by atoms with E-state index in [0.29, 0.717) is 16.4 Å². The number of aryl methyl sites for hydroxylation is 1. The predicted octanol–water partition coefficient (Wildman–Crippen LogP) is 4.02. The van der Waals surface area contributed by atoms with Gasteiger partial charge in [-0.1, -0.05) is 23.7 Å². The topological polar surface area (TPSA) is 35.0 Å². The third-order valence-corrected chi connectivity index (χ3v) is 3.04. The van der Waals surface area contributed by atoms with Gasteiger partial charge in [0.25, 0.3) is 0 Å². The minimum absolute atomic E-state index is 0.0248. The van der Waals surface area contributed by atoms with Crippen LogP contribution in [0.25, 0.3) is 11.4 Å². The van der Waals surface area contributed by atoms with Gasteiger partial charge in [-0.3, -0.25) is 0 Å². The third kappa shape index (κ3) is 2.98. The molecule has 1 aromatic carbocycles. The molecule has 0 saturated carbocycles. The van der Waals surface area contributed by atoms with Crippen molar-refractivity contribution < 1.29 is 13.5 Å². The van der Waals surface area contributed by atoms with E-state index in [4.69, 9.17) is 11.6 Å². The molecule has 3 nitrogen and oxygen atoms in total. The molecule has 0 radical (unpaired) electrons. The van der Waals surface area contributed by atoms with Gasteiger partial charge in [0.15, 0.2) is 5.82 Å². The third-order valence-electron chi connectivity index (χ3n) is 2.67. The number of benzene rings is 1. The second-order valence-electron chi connectivity index (χ2n) is 3.92. The highest BCUT2D eigenvalue weighted by Gasteiger charge is 2.14. The van der Waals surface area contributed by atoms with Crippen LogP contribution in [0, 0.1) is 13.8 Å². The van der Waals surface area contributed by atoms with Gasteiger partial charge in [0.2, 0.25) is 0 Å². The van der Waals surface area contributed by atoms with E-state index in [1.807, 2.05) is 0 Å². The van der Waals surface area contributed by atoms with Crippen LogP contribution in [0.3, 0.4) is 0 Å². The van der Waals surface area contributed by atoms with Crippen molar-refractivity contribution in [1.82, 2.24) is 9.97 Å². The molecule has 2 aromatic rings. The fraction of sp³-hybridized carbons (Fsp3) is 0.231. The maximum absolute atomic E-state index is 12.3. The number of ether oxygens (including phenoxy) is 1. The van der Waals surface area contributed by atoms with E-state index >= 15 is 0 Å². The van der Waals surface area contributed by atoms with Crippen LogP contribution in [0.1, 0.15) is 11.3 Å². The average molecular weight is 285 g/mol. The molecule has 0 bridgehead atoms. The summed E-state index contributed by atoms with van der Waals surface area (Å²) in [4.78, 5) is 8.35. The van der Waals surface area contributed by atoms with E-state index in [2.05, 4.69) is 14.7 Å². The van der Waals surface area contributed by atoms with Gasteiger partial charge < -0.3 is 4.74 Å². The summed E-state index contributed by atoms with van der Waals surface area (Å²) < 4.78 is 29.2. The fourth-order valence-corrected chi connectivity index (χ4v) is 1.78. The molecule has 6 heteroatoms. The van der Waals surface area contributed by atoms with Gasteiger partial charge in [0.05, 0.1) is 5.56 Å². The molecule has 0 aliphatic heterocycles. The molecule has 0 amide bonds. The molecule has 2 rings (SSSR count). The van der Waals surface area contributed by atoms with Crippen molar-refractivity contribution in [2.75, 3.05) is 0 Å². The van der Waals surface area contributed by atoms with E-state index in [1.165, 1.54) is 6.07 Å². The first-order valence-electron chi connectivity index (χ1n) is 5.54. The molecule has 100 valence electrons. The second kappa shape index (κ2) is 5.48. The first-order valence-corrected chi connectivity index (χ1v) is 5.91. The van der Waals surface area contributed by atoms with Gasteiger partial charge in [-0.2, -0.15) is 8.78 Å². The number of hydrogen-bond acceptors (Lipinski definition) is 3. The Hall–Kier alpha value is -1.75. The summed E-state index contributed by atoms with van der Waals surface area (Å²) >= 11 is 5.99. The summed E-state index contributed by atoms with van der Waals surface area (Å²) in [6.45, 7) is 0.676. The van der Waals surface area contributed by atoms with Crippen molar-refractivity contribution in [3.8, 4) is 17.1 Å². The zero-order chi connectivity index (χ0) is 14.0. The molecule has 0 fully saturated rings. The van der Waals surface area contributed by atoms with E-state index in [1.54, 1.807) is 32.0 Å². The second-order valence-corrected chi connectivity index (χ2v) is 4.28. The van der Waals surface area contributed by atoms with E-state index in [-0.39, 0.29) is 11.6 Å². The Morgan fingerprint density at radius 1 is 1.16 bits per heavy atom. The van der Waals surface area contributed by atoms with Crippen LogP contribution in [0.2, 0.25) is 5.15 Å². The molecule has 0 atom stereocenters. The van der Waals surface area contributed by atoms with Crippen LogP contribution in [-0.2, 0) is 0 Å².